The Hall–Kier alpha value is -2.42. The fourth-order valence-electron chi connectivity index (χ4n) is 2.25. The minimum absolute atomic E-state index is 0.0876. The summed E-state index contributed by atoms with van der Waals surface area (Å²) in [5, 5.41) is 0. The Kier molecular flexibility index (Phi) is 3.80. The van der Waals surface area contributed by atoms with Crippen molar-refractivity contribution in [1.82, 2.24) is 9.97 Å². The third-order valence-electron chi connectivity index (χ3n) is 3.34. The van der Waals surface area contributed by atoms with E-state index >= 15 is 0 Å². The zero-order valence-corrected chi connectivity index (χ0v) is 11.7. The number of halogens is 4. The second-order valence-electron chi connectivity index (χ2n) is 5.12. The smallest absolute Gasteiger partial charge is 0.403 e. The quantitative estimate of drug-likeness (QED) is 0.876. The topological polar surface area (TPSA) is 64.3 Å². The van der Waals surface area contributed by atoms with Gasteiger partial charge in [-0.1, -0.05) is 0 Å². The number of rotatable bonds is 3. The van der Waals surface area contributed by atoms with Gasteiger partial charge < -0.3 is 15.4 Å². The van der Waals surface area contributed by atoms with Crippen molar-refractivity contribution in [3.8, 4) is 17.0 Å². The summed E-state index contributed by atoms with van der Waals surface area (Å²) in [5.41, 5.74) is 6.42. The summed E-state index contributed by atoms with van der Waals surface area (Å²) in [6, 6.07) is 4.88. The molecular formula is C14H12F4N4O. The molecule has 1 aromatic carbocycles. The zero-order chi connectivity index (χ0) is 16.6. The van der Waals surface area contributed by atoms with Crippen LogP contribution in [0.25, 0.3) is 11.3 Å². The first-order chi connectivity index (χ1) is 10.8. The van der Waals surface area contributed by atoms with Gasteiger partial charge in [0.1, 0.15) is 12.1 Å². The maximum atomic E-state index is 13.8. The van der Waals surface area contributed by atoms with Crippen LogP contribution >= 0.6 is 0 Å². The SMILES string of the molecule is NC1CN(c2cc(-c3ccc(OC(F)(F)F)c(F)c3)ncn2)C1. The zero-order valence-electron chi connectivity index (χ0n) is 11.7. The first-order valence-corrected chi connectivity index (χ1v) is 6.70. The Balaban J connectivity index is 1.84. The Morgan fingerprint density at radius 3 is 2.52 bits per heavy atom. The van der Waals surface area contributed by atoms with Crippen LogP contribution in [0.2, 0.25) is 0 Å². The van der Waals surface area contributed by atoms with Crippen molar-refractivity contribution >= 4 is 5.82 Å². The molecule has 122 valence electrons. The van der Waals surface area contributed by atoms with E-state index in [0.717, 1.165) is 12.1 Å². The molecule has 2 N–H and O–H groups in total. The van der Waals surface area contributed by atoms with Gasteiger partial charge in [0.2, 0.25) is 0 Å². The van der Waals surface area contributed by atoms with Gasteiger partial charge in [-0.3, -0.25) is 0 Å². The fourth-order valence-corrected chi connectivity index (χ4v) is 2.25. The van der Waals surface area contributed by atoms with Gasteiger partial charge in [-0.15, -0.1) is 13.2 Å². The molecule has 9 heteroatoms. The van der Waals surface area contributed by atoms with Gasteiger partial charge in [-0.2, -0.15) is 0 Å². The third-order valence-corrected chi connectivity index (χ3v) is 3.34. The van der Waals surface area contributed by atoms with Crippen LogP contribution in [0.5, 0.6) is 5.75 Å². The maximum Gasteiger partial charge on any atom is 0.573 e. The lowest BCUT2D eigenvalue weighted by atomic mass is 10.1. The molecule has 2 heterocycles. The van der Waals surface area contributed by atoms with Crippen LogP contribution in [-0.4, -0.2) is 35.5 Å². The van der Waals surface area contributed by atoms with Crippen LogP contribution in [0.1, 0.15) is 0 Å². The molecule has 0 spiro atoms. The van der Waals surface area contributed by atoms with Crippen molar-refractivity contribution in [3.63, 3.8) is 0 Å². The van der Waals surface area contributed by atoms with Gasteiger partial charge in [-0.25, -0.2) is 14.4 Å². The summed E-state index contributed by atoms with van der Waals surface area (Å²) in [6.45, 7) is 1.31. The highest BCUT2D eigenvalue weighted by Gasteiger charge is 2.32. The lowest BCUT2D eigenvalue weighted by Gasteiger charge is -2.37. The summed E-state index contributed by atoms with van der Waals surface area (Å²) in [5.74, 6) is -1.37. The van der Waals surface area contributed by atoms with Crippen LogP contribution in [-0.2, 0) is 0 Å². The van der Waals surface area contributed by atoms with Gasteiger partial charge in [0.15, 0.2) is 11.6 Å². The number of alkyl halides is 3. The minimum Gasteiger partial charge on any atom is -0.403 e. The van der Waals surface area contributed by atoms with Gasteiger partial charge in [0.05, 0.1) is 5.69 Å². The predicted octanol–water partition coefficient (Wildman–Crippen LogP) is 2.33. The maximum absolute atomic E-state index is 13.8. The van der Waals surface area contributed by atoms with Crippen LogP contribution in [0.3, 0.4) is 0 Å². The average molecular weight is 328 g/mol. The number of nitrogens with zero attached hydrogens (tertiary/aromatic N) is 3. The van der Waals surface area contributed by atoms with E-state index in [9.17, 15) is 17.6 Å². The van der Waals surface area contributed by atoms with Crippen LogP contribution in [0.4, 0.5) is 23.4 Å². The number of benzene rings is 1. The summed E-state index contributed by atoms with van der Waals surface area (Å²) in [6.07, 6.45) is -3.63. The van der Waals surface area contributed by atoms with E-state index < -0.39 is 17.9 Å². The van der Waals surface area contributed by atoms with E-state index in [4.69, 9.17) is 5.73 Å². The van der Waals surface area contributed by atoms with Gasteiger partial charge in [0, 0.05) is 30.8 Å². The van der Waals surface area contributed by atoms with Crippen molar-refractivity contribution in [2.24, 2.45) is 5.73 Å². The molecular weight excluding hydrogens is 316 g/mol. The first kappa shape index (κ1) is 15.5. The van der Waals surface area contributed by atoms with Crippen molar-refractivity contribution in [2.45, 2.75) is 12.4 Å². The molecule has 1 aromatic heterocycles. The standard InChI is InChI=1S/C14H12F4N4O/c15-10-3-8(1-2-12(10)23-14(16,17)18)11-4-13(21-7-20-11)22-5-9(19)6-22/h1-4,7,9H,5-6,19H2. The molecule has 2 aromatic rings. The van der Waals surface area contributed by atoms with Crippen molar-refractivity contribution in [1.29, 1.82) is 0 Å². The highest BCUT2D eigenvalue weighted by atomic mass is 19.4. The Bertz CT molecular complexity index is 716. The average Bonchev–Trinajstić information content (AvgIpc) is 2.45. The van der Waals surface area contributed by atoms with Gasteiger partial charge in [-0.05, 0) is 18.2 Å². The largest absolute Gasteiger partial charge is 0.573 e. The van der Waals surface area contributed by atoms with Crippen LogP contribution < -0.4 is 15.4 Å². The first-order valence-electron chi connectivity index (χ1n) is 6.70. The van der Waals surface area contributed by atoms with Gasteiger partial charge >= 0.3 is 6.36 Å². The number of aromatic nitrogens is 2. The van der Waals surface area contributed by atoms with E-state index in [0.29, 0.717) is 30.2 Å². The second kappa shape index (κ2) is 5.65. The molecule has 1 aliphatic rings. The molecule has 0 atom stereocenters. The molecule has 5 nitrogen and oxygen atoms in total. The molecule has 0 saturated carbocycles. The summed E-state index contributed by atoms with van der Waals surface area (Å²) in [7, 11) is 0. The van der Waals surface area contributed by atoms with Crippen LogP contribution in [0, 0.1) is 5.82 Å². The lowest BCUT2D eigenvalue weighted by Crippen LogP contribution is -2.56. The molecule has 0 radical (unpaired) electrons. The van der Waals surface area contributed by atoms with E-state index in [1.54, 1.807) is 6.07 Å². The second-order valence-corrected chi connectivity index (χ2v) is 5.12. The summed E-state index contributed by atoms with van der Waals surface area (Å²) >= 11 is 0. The Morgan fingerprint density at radius 1 is 1.17 bits per heavy atom. The minimum atomic E-state index is -4.94. The molecule has 0 unspecified atom stereocenters. The monoisotopic (exact) mass is 328 g/mol. The van der Waals surface area contributed by atoms with Gasteiger partial charge in [0.25, 0.3) is 0 Å². The van der Waals surface area contributed by atoms with E-state index in [1.807, 2.05) is 4.90 Å². The number of nitrogens with two attached hydrogens (primary N) is 1. The molecule has 0 amide bonds. The normalized spacial score (nSPS) is 15.4. The summed E-state index contributed by atoms with van der Waals surface area (Å²) < 4.78 is 53.8. The van der Waals surface area contributed by atoms with Crippen molar-refractivity contribution in [3.05, 3.63) is 36.4 Å². The molecule has 1 fully saturated rings. The highest BCUT2D eigenvalue weighted by Crippen LogP contribution is 2.30. The molecule has 3 rings (SSSR count). The highest BCUT2D eigenvalue weighted by molar-refractivity contribution is 5.64. The predicted molar refractivity (Wildman–Crippen MR) is 74.3 cm³/mol. The molecule has 23 heavy (non-hydrogen) atoms. The van der Waals surface area contributed by atoms with Crippen molar-refractivity contribution in [2.75, 3.05) is 18.0 Å². The lowest BCUT2D eigenvalue weighted by molar-refractivity contribution is -0.275. The van der Waals surface area contributed by atoms with Crippen molar-refractivity contribution < 1.29 is 22.3 Å². The Morgan fingerprint density at radius 2 is 1.91 bits per heavy atom. The molecule has 1 saturated heterocycles. The molecule has 0 bridgehead atoms. The number of hydrogen-bond donors (Lipinski definition) is 1. The number of ether oxygens (including phenoxy) is 1. The van der Waals surface area contributed by atoms with E-state index in [1.165, 1.54) is 12.4 Å². The number of hydrogen-bond acceptors (Lipinski definition) is 5. The number of anilines is 1. The molecule has 0 aliphatic carbocycles. The Labute approximate surface area is 128 Å². The van der Waals surface area contributed by atoms with E-state index in [-0.39, 0.29) is 6.04 Å². The van der Waals surface area contributed by atoms with Crippen LogP contribution in [0.15, 0.2) is 30.6 Å². The fraction of sp³-hybridized carbons (Fsp3) is 0.286. The molecule has 1 aliphatic heterocycles. The summed E-state index contributed by atoms with van der Waals surface area (Å²) in [4.78, 5) is 10.0. The third kappa shape index (κ3) is 3.50. The van der Waals surface area contributed by atoms with E-state index in [2.05, 4.69) is 14.7 Å².